The number of carbonyl (C=O) groups is 1. The second-order valence-corrected chi connectivity index (χ2v) is 46.2. The molecule has 0 N–H and O–H groups in total. The van der Waals surface area contributed by atoms with Gasteiger partial charge in [0.15, 0.2) is 8.32 Å². The van der Waals surface area contributed by atoms with Crippen molar-refractivity contribution < 1.29 is 32.6 Å². The number of hydrogen-bond donors (Lipinski definition) is 0. The van der Waals surface area contributed by atoms with Crippen LogP contribution in [-0.2, 0) is 32.6 Å². The Hall–Kier alpha value is 0.0825. The number of esters is 1. The van der Waals surface area contributed by atoms with Gasteiger partial charge < -0.3 is 0 Å². The average Bonchev–Trinajstić information content (AvgIpc) is 3.07. The van der Waals surface area contributed by atoms with Gasteiger partial charge in [-0.3, -0.25) is 0 Å². The molecule has 0 aliphatic carbocycles. The van der Waals surface area contributed by atoms with Crippen LogP contribution in [0.15, 0.2) is 12.3 Å². The van der Waals surface area contributed by atoms with E-state index in [1.807, 2.05) is 27.0 Å². The summed E-state index contributed by atoms with van der Waals surface area (Å²) >= 11 is -2.35. The van der Waals surface area contributed by atoms with Crippen LogP contribution in [0, 0.1) is 5.41 Å². The normalized spacial score (nSPS) is 26.8. The van der Waals surface area contributed by atoms with Gasteiger partial charge in [0, 0.05) is 0 Å². The summed E-state index contributed by atoms with van der Waals surface area (Å²) in [4.78, 5) is 12.6. The predicted octanol–water partition coefficient (Wildman–Crippen LogP) is 14.0. The molecular weight excluding hydrogens is 851 g/mol. The summed E-state index contributed by atoms with van der Waals surface area (Å²) in [5.74, 6) is -0.165. The SMILES string of the molecule is CCC[CH2][Sn]([CH2]/C=C\O[C@H]1C[C@H]2O[C@@H](CCO[Si](C)(C)C(C)(C)C)[C@](C)(O[Si](C)(C)C(C)(C)C)C[C@]2(C)O[C@@H]1CCCOC(=O)C(C)(C)C)([CH2]CCC)[CH2]CCC. The maximum atomic E-state index is 12.6. The Morgan fingerprint density at radius 1 is 0.789 bits per heavy atom. The maximum absolute atomic E-state index is 12.6. The second-order valence-electron chi connectivity index (χ2n) is 22.7. The van der Waals surface area contributed by atoms with Gasteiger partial charge in [0.25, 0.3) is 0 Å². The Morgan fingerprint density at radius 2 is 1.33 bits per heavy atom. The van der Waals surface area contributed by atoms with Crippen LogP contribution >= 0.6 is 0 Å². The zero-order chi connectivity index (χ0) is 43.6. The van der Waals surface area contributed by atoms with E-state index >= 15 is 0 Å². The van der Waals surface area contributed by atoms with Gasteiger partial charge in [0.1, 0.15) is 0 Å². The molecular formula is C47H94O7Si2Sn. The molecule has 0 bridgehead atoms. The minimum atomic E-state index is -2.35. The summed E-state index contributed by atoms with van der Waals surface area (Å²) < 4.78 is 47.0. The molecule has 0 spiro atoms. The van der Waals surface area contributed by atoms with Gasteiger partial charge in [-0.1, -0.05) is 41.5 Å². The van der Waals surface area contributed by atoms with Crippen molar-refractivity contribution in [2.75, 3.05) is 13.2 Å². The monoisotopic (exact) mass is 947 g/mol. The molecule has 0 unspecified atom stereocenters. The number of hydrogen-bond acceptors (Lipinski definition) is 7. The predicted molar refractivity (Wildman–Crippen MR) is 249 cm³/mol. The third-order valence-corrected chi connectivity index (χ3v) is 38.6. The summed E-state index contributed by atoms with van der Waals surface area (Å²) in [6, 6.07) is 0. The Labute approximate surface area is 359 Å². The molecule has 336 valence electrons. The summed E-state index contributed by atoms with van der Waals surface area (Å²) in [5.41, 5.74) is -1.63. The van der Waals surface area contributed by atoms with Crippen LogP contribution in [0.4, 0.5) is 0 Å². The van der Waals surface area contributed by atoms with Gasteiger partial charge in [-0.25, -0.2) is 0 Å². The van der Waals surface area contributed by atoms with Gasteiger partial charge in [0.05, 0.1) is 0 Å². The zero-order valence-electron chi connectivity index (χ0n) is 40.8. The molecule has 57 heavy (non-hydrogen) atoms. The molecule has 6 atom stereocenters. The van der Waals surface area contributed by atoms with E-state index in [0.717, 1.165) is 25.7 Å². The van der Waals surface area contributed by atoms with Crippen molar-refractivity contribution in [1.29, 1.82) is 0 Å². The van der Waals surface area contributed by atoms with Crippen LogP contribution in [0.25, 0.3) is 0 Å². The molecule has 7 nitrogen and oxygen atoms in total. The summed E-state index contributed by atoms with van der Waals surface area (Å²) in [6.07, 6.45) is 15.5. The van der Waals surface area contributed by atoms with Crippen LogP contribution in [0.5, 0.6) is 0 Å². The molecule has 10 heteroatoms. The molecule has 2 heterocycles. The van der Waals surface area contributed by atoms with Crippen molar-refractivity contribution in [2.24, 2.45) is 5.41 Å². The van der Waals surface area contributed by atoms with E-state index in [0.29, 0.717) is 19.6 Å². The van der Waals surface area contributed by atoms with Gasteiger partial charge in [-0.15, -0.1) is 0 Å². The molecule has 2 fully saturated rings. The van der Waals surface area contributed by atoms with Gasteiger partial charge >= 0.3 is 255 Å². The first kappa shape index (κ1) is 53.2. The molecule has 0 aromatic carbocycles. The van der Waals surface area contributed by atoms with Crippen LogP contribution in [0.2, 0.25) is 54.0 Å². The van der Waals surface area contributed by atoms with Crippen molar-refractivity contribution in [3.63, 3.8) is 0 Å². The van der Waals surface area contributed by atoms with E-state index in [1.165, 1.54) is 56.3 Å². The molecule has 0 amide bonds. The average molecular weight is 946 g/mol. The first-order chi connectivity index (χ1) is 26.1. The number of rotatable bonds is 23. The van der Waals surface area contributed by atoms with Crippen molar-refractivity contribution in [1.82, 2.24) is 0 Å². The molecule has 2 aliphatic heterocycles. The molecule has 0 aromatic heterocycles. The first-order valence-electron chi connectivity index (χ1n) is 23.3. The number of carbonyl (C=O) groups excluding carboxylic acids is 1. The van der Waals surface area contributed by atoms with E-state index in [-0.39, 0.29) is 40.5 Å². The van der Waals surface area contributed by atoms with Gasteiger partial charge in [0.2, 0.25) is 0 Å². The molecule has 0 radical (unpaired) electrons. The van der Waals surface area contributed by atoms with E-state index in [1.54, 1.807) is 0 Å². The third kappa shape index (κ3) is 15.7. The molecule has 0 saturated carbocycles. The van der Waals surface area contributed by atoms with Crippen LogP contribution < -0.4 is 0 Å². The summed E-state index contributed by atoms with van der Waals surface area (Å²) in [7, 11) is -4.13. The topological polar surface area (TPSA) is 72.5 Å². The first-order valence-corrected chi connectivity index (χ1v) is 37.1. The number of fused-ring (bicyclic) bond motifs is 1. The van der Waals surface area contributed by atoms with Gasteiger partial charge in [-0.2, -0.15) is 0 Å². The Kier molecular flexibility index (Phi) is 20.5. The van der Waals surface area contributed by atoms with Crippen molar-refractivity contribution in [2.45, 2.75) is 257 Å². The standard InChI is InChI=1S/C35H67O7Si2.3C4H9.Sn/c1-17-21-37-27-24-29-34(11,41-26(27)19-18-22-38-30(36)31(2,3)4)25-35(12,42-44(15,16)33(8,9)10)28(40-29)20-23-39-43(13,14)32(5,6)7;3*1-3-4-2;/h17,21,26-29H,1,18-20,22-25H2,2-16H3;3*1,3-4H2,2H3;/b21-17-;;;;/t26-,27+,28+,29-,34+,35-;;;;/m1..../s1. The van der Waals surface area contributed by atoms with Gasteiger partial charge in [-0.05, 0) is 57.0 Å². The van der Waals surface area contributed by atoms with Crippen LogP contribution in [-0.4, -0.2) is 89.8 Å². The summed E-state index contributed by atoms with van der Waals surface area (Å²) in [6.45, 7) is 41.5. The van der Waals surface area contributed by atoms with Crippen molar-refractivity contribution in [3.05, 3.63) is 12.3 Å². The molecule has 2 saturated heterocycles. The van der Waals surface area contributed by atoms with E-state index in [9.17, 15) is 4.79 Å². The second kappa shape index (κ2) is 21.9. The van der Waals surface area contributed by atoms with E-state index in [2.05, 4.69) is 108 Å². The quantitative estimate of drug-likeness (QED) is 0.0437. The Balaban J connectivity index is 2.45. The Morgan fingerprint density at radius 3 is 1.82 bits per heavy atom. The van der Waals surface area contributed by atoms with E-state index in [4.69, 9.17) is 27.8 Å². The fourth-order valence-electron chi connectivity index (χ4n) is 8.31. The Bertz CT molecular complexity index is 1210. The third-order valence-electron chi connectivity index (χ3n) is 14.2. The minimum absolute atomic E-state index is 0.0488. The molecule has 0 aromatic rings. The number of allylic oxidation sites excluding steroid dienone is 1. The summed E-state index contributed by atoms with van der Waals surface area (Å²) in [5, 5.41) is 0.188. The molecule has 2 aliphatic rings. The van der Waals surface area contributed by atoms with Crippen LogP contribution in [0.1, 0.15) is 168 Å². The number of ether oxygens (including phenoxy) is 4. The zero-order valence-corrected chi connectivity index (χ0v) is 45.7. The fraction of sp³-hybridized carbons (Fsp3) is 0.936. The van der Waals surface area contributed by atoms with Crippen LogP contribution in [0.3, 0.4) is 0 Å². The van der Waals surface area contributed by atoms with E-state index < -0.39 is 51.6 Å². The van der Waals surface area contributed by atoms with Crippen molar-refractivity contribution in [3.8, 4) is 0 Å². The van der Waals surface area contributed by atoms with Crippen molar-refractivity contribution >= 4 is 41.0 Å². The molecule has 2 rings (SSSR count). The fourth-order valence-corrected chi connectivity index (χ4v) is 26.1. The number of unbranched alkanes of at least 4 members (excludes halogenated alkanes) is 3.